The highest BCUT2D eigenvalue weighted by Gasteiger charge is 2.27. The summed E-state index contributed by atoms with van der Waals surface area (Å²) in [5.41, 5.74) is 10.7. The zero-order chi connectivity index (χ0) is 23.2. The molecule has 8 heteroatoms. The van der Waals surface area contributed by atoms with E-state index >= 15 is 0 Å². The minimum absolute atomic E-state index is 0.0168. The molecular weight excluding hydrogens is 436 g/mol. The average molecular weight is 467 g/mol. The summed E-state index contributed by atoms with van der Waals surface area (Å²) in [6, 6.07) is 13.2. The number of carbonyl (C=O) groups is 2. The van der Waals surface area contributed by atoms with Gasteiger partial charge in [0.1, 0.15) is 0 Å². The van der Waals surface area contributed by atoms with Crippen LogP contribution in [0, 0.1) is 0 Å². The third-order valence-corrected chi connectivity index (χ3v) is 6.90. The minimum Gasteiger partial charge on any atom is -0.465 e. The van der Waals surface area contributed by atoms with Gasteiger partial charge in [0.05, 0.1) is 25.5 Å². The van der Waals surface area contributed by atoms with Gasteiger partial charge in [-0.1, -0.05) is 36.4 Å². The van der Waals surface area contributed by atoms with Crippen molar-refractivity contribution < 1.29 is 14.3 Å². The topological polar surface area (TPSA) is 88.2 Å². The van der Waals surface area contributed by atoms with Crippen molar-refractivity contribution in [1.82, 2.24) is 9.91 Å². The number of hydrazone groups is 1. The zero-order valence-electron chi connectivity index (χ0n) is 18.9. The first kappa shape index (κ1) is 23.5. The van der Waals surface area contributed by atoms with Gasteiger partial charge >= 0.3 is 5.97 Å². The molecule has 1 atom stereocenters. The van der Waals surface area contributed by atoms with E-state index in [-0.39, 0.29) is 24.5 Å². The summed E-state index contributed by atoms with van der Waals surface area (Å²) in [5, 5.41) is 6.63. The molecule has 0 amide bonds. The monoisotopic (exact) mass is 466 g/mol. The van der Waals surface area contributed by atoms with Gasteiger partial charge in [0.25, 0.3) is 0 Å². The Labute approximate surface area is 199 Å². The maximum Gasteiger partial charge on any atom is 0.320 e. The highest BCUT2D eigenvalue weighted by atomic mass is 32.2. The number of benzene rings is 2. The second-order valence-electron chi connectivity index (χ2n) is 8.15. The van der Waals surface area contributed by atoms with Gasteiger partial charge in [-0.15, -0.1) is 0 Å². The van der Waals surface area contributed by atoms with Crippen molar-refractivity contribution in [3.8, 4) is 0 Å². The van der Waals surface area contributed by atoms with Crippen LogP contribution in [0.25, 0.3) is 0 Å². The number of hydrogen-bond acceptors (Lipinski definition) is 8. The van der Waals surface area contributed by atoms with E-state index in [4.69, 9.17) is 10.5 Å². The molecule has 2 aromatic rings. The normalized spacial score (nSPS) is 18.8. The van der Waals surface area contributed by atoms with Crippen LogP contribution in [0.4, 0.5) is 0 Å². The number of thioether (sulfide) groups is 1. The lowest BCUT2D eigenvalue weighted by Gasteiger charge is -2.34. The van der Waals surface area contributed by atoms with E-state index in [0.717, 1.165) is 47.7 Å². The van der Waals surface area contributed by atoms with Crippen LogP contribution in [0.2, 0.25) is 0 Å². The van der Waals surface area contributed by atoms with Crippen molar-refractivity contribution in [2.75, 3.05) is 44.3 Å². The largest absolute Gasteiger partial charge is 0.465 e. The molecule has 174 valence electrons. The van der Waals surface area contributed by atoms with Crippen LogP contribution in [0.15, 0.2) is 47.6 Å². The maximum absolute atomic E-state index is 13.1. The molecular formula is C25H30N4O3S. The number of ether oxygens (including phenoxy) is 1. The molecule has 2 heterocycles. The molecule has 7 nitrogen and oxygen atoms in total. The molecule has 0 saturated carbocycles. The summed E-state index contributed by atoms with van der Waals surface area (Å²) >= 11 is 1.96. The maximum atomic E-state index is 13.1. The molecule has 0 aromatic heterocycles. The SMILES string of the molecule is CCOC(=O)CN1CCc2cc(C(=O)c3ccc(C=NN4CCSCC4)cc3)ccc2C1N. The average Bonchev–Trinajstić information content (AvgIpc) is 2.85. The van der Waals surface area contributed by atoms with Crippen molar-refractivity contribution in [3.05, 3.63) is 70.3 Å². The lowest BCUT2D eigenvalue weighted by molar-refractivity contribution is -0.145. The predicted molar refractivity (Wildman–Crippen MR) is 132 cm³/mol. The van der Waals surface area contributed by atoms with Crippen molar-refractivity contribution >= 4 is 29.7 Å². The smallest absolute Gasteiger partial charge is 0.320 e. The number of ketones is 1. The number of fused-ring (bicyclic) bond motifs is 1. The summed E-state index contributed by atoms with van der Waals surface area (Å²) in [7, 11) is 0. The third-order valence-electron chi connectivity index (χ3n) is 5.95. The van der Waals surface area contributed by atoms with E-state index in [1.807, 2.05) is 65.3 Å². The number of hydrogen-bond donors (Lipinski definition) is 1. The van der Waals surface area contributed by atoms with Gasteiger partial charge in [-0.25, -0.2) is 0 Å². The van der Waals surface area contributed by atoms with Crippen molar-refractivity contribution in [1.29, 1.82) is 0 Å². The van der Waals surface area contributed by atoms with Gasteiger partial charge in [0, 0.05) is 42.3 Å². The van der Waals surface area contributed by atoms with Crippen molar-refractivity contribution in [2.24, 2.45) is 10.8 Å². The van der Waals surface area contributed by atoms with Crippen LogP contribution in [0.3, 0.4) is 0 Å². The van der Waals surface area contributed by atoms with Gasteiger partial charge < -0.3 is 10.5 Å². The van der Waals surface area contributed by atoms with Gasteiger partial charge in [-0.05, 0) is 36.1 Å². The molecule has 0 radical (unpaired) electrons. The molecule has 2 aromatic carbocycles. The summed E-state index contributed by atoms with van der Waals surface area (Å²) in [6.07, 6.45) is 2.19. The quantitative estimate of drug-likeness (QED) is 0.381. The second kappa shape index (κ2) is 11.0. The minimum atomic E-state index is -0.389. The molecule has 0 aliphatic carbocycles. The Morgan fingerprint density at radius 3 is 2.58 bits per heavy atom. The lowest BCUT2D eigenvalue weighted by atomic mass is 9.92. The molecule has 2 aliphatic rings. The zero-order valence-corrected chi connectivity index (χ0v) is 19.7. The fourth-order valence-electron chi connectivity index (χ4n) is 4.11. The summed E-state index contributed by atoms with van der Waals surface area (Å²) < 4.78 is 5.04. The van der Waals surface area contributed by atoms with Crippen LogP contribution >= 0.6 is 11.8 Å². The van der Waals surface area contributed by atoms with Crippen molar-refractivity contribution in [3.63, 3.8) is 0 Å². The predicted octanol–water partition coefficient (Wildman–Crippen LogP) is 2.68. The Kier molecular flexibility index (Phi) is 7.80. The van der Waals surface area contributed by atoms with Crippen LogP contribution in [-0.2, 0) is 16.0 Å². The van der Waals surface area contributed by atoms with Crippen LogP contribution in [0.5, 0.6) is 0 Å². The van der Waals surface area contributed by atoms with Gasteiger partial charge in [0.15, 0.2) is 5.78 Å². The highest BCUT2D eigenvalue weighted by molar-refractivity contribution is 7.99. The van der Waals surface area contributed by atoms with E-state index in [2.05, 4.69) is 10.1 Å². The standard InChI is InChI=1S/C25H30N4O3S/c1-2-32-23(30)17-28-10-9-20-15-21(7-8-22(20)25(28)26)24(31)19-5-3-18(4-6-19)16-27-29-11-13-33-14-12-29/h3-8,15-16,25H,2,9-14,17,26H2,1H3. The number of nitrogens with zero attached hydrogens (tertiary/aromatic N) is 3. The Balaban J connectivity index is 1.42. The van der Waals surface area contributed by atoms with Crippen LogP contribution in [-0.4, -0.2) is 72.2 Å². The molecule has 1 fully saturated rings. The van der Waals surface area contributed by atoms with E-state index in [1.54, 1.807) is 6.92 Å². The Morgan fingerprint density at radius 1 is 1.12 bits per heavy atom. The Hall–Kier alpha value is -2.68. The summed E-state index contributed by atoms with van der Waals surface area (Å²) in [6.45, 7) is 4.91. The number of carbonyl (C=O) groups excluding carboxylic acids is 2. The highest BCUT2D eigenvalue weighted by Crippen LogP contribution is 2.27. The number of rotatable bonds is 7. The van der Waals surface area contributed by atoms with Crippen molar-refractivity contribution in [2.45, 2.75) is 19.5 Å². The summed E-state index contributed by atoms with van der Waals surface area (Å²) in [5.74, 6) is 1.93. The molecule has 4 rings (SSSR count). The Bertz CT molecular complexity index is 1020. The summed E-state index contributed by atoms with van der Waals surface area (Å²) in [4.78, 5) is 26.8. The van der Waals surface area contributed by atoms with E-state index in [1.165, 1.54) is 0 Å². The van der Waals surface area contributed by atoms with E-state index < -0.39 is 0 Å². The Morgan fingerprint density at radius 2 is 1.85 bits per heavy atom. The molecule has 1 unspecified atom stereocenters. The van der Waals surface area contributed by atoms with Crippen LogP contribution < -0.4 is 5.73 Å². The second-order valence-corrected chi connectivity index (χ2v) is 9.37. The van der Waals surface area contributed by atoms with Crippen LogP contribution in [0.1, 0.15) is 45.7 Å². The number of esters is 1. The first-order valence-corrected chi connectivity index (χ1v) is 12.5. The van der Waals surface area contributed by atoms with Gasteiger partial charge in [-0.2, -0.15) is 16.9 Å². The third kappa shape index (κ3) is 5.82. The van der Waals surface area contributed by atoms with E-state index in [0.29, 0.717) is 24.3 Å². The van der Waals surface area contributed by atoms with E-state index in [9.17, 15) is 9.59 Å². The lowest BCUT2D eigenvalue weighted by Crippen LogP contribution is -2.43. The van der Waals surface area contributed by atoms with Gasteiger partial charge in [-0.3, -0.25) is 19.5 Å². The molecule has 33 heavy (non-hydrogen) atoms. The fourth-order valence-corrected chi connectivity index (χ4v) is 4.99. The molecule has 2 aliphatic heterocycles. The van der Waals surface area contributed by atoms with Gasteiger partial charge in [0.2, 0.25) is 0 Å². The molecule has 2 N–H and O–H groups in total. The first-order valence-electron chi connectivity index (χ1n) is 11.3. The fraction of sp³-hybridized carbons (Fsp3) is 0.400. The first-order chi connectivity index (χ1) is 16.0. The molecule has 1 saturated heterocycles. The molecule has 0 bridgehead atoms. The molecule has 0 spiro atoms. The number of nitrogens with two attached hydrogens (primary N) is 1.